The third kappa shape index (κ3) is 5.06. The maximum absolute atomic E-state index is 6.14. The van der Waals surface area contributed by atoms with Crippen LogP contribution in [0.5, 0.6) is 0 Å². The van der Waals surface area contributed by atoms with Gasteiger partial charge in [-0.05, 0) is 37.5 Å². The molecule has 0 atom stereocenters. The Bertz CT molecular complexity index is 855. The molecule has 0 unspecified atom stereocenters. The van der Waals surface area contributed by atoms with Gasteiger partial charge in [-0.15, -0.1) is 10.2 Å². The molecule has 162 valence electrons. The lowest BCUT2D eigenvalue weighted by molar-refractivity contribution is 0.372. The summed E-state index contributed by atoms with van der Waals surface area (Å²) in [6, 6.07) is 8.10. The number of benzene rings is 1. The van der Waals surface area contributed by atoms with Crippen molar-refractivity contribution in [1.29, 1.82) is 0 Å². The predicted octanol–water partition coefficient (Wildman–Crippen LogP) is 2.99. The summed E-state index contributed by atoms with van der Waals surface area (Å²) in [7, 11) is 1.87. The zero-order valence-electron chi connectivity index (χ0n) is 17.9. The van der Waals surface area contributed by atoms with E-state index in [2.05, 4.69) is 40.9 Å². The molecule has 2 aromatic rings. The average Bonchev–Trinajstić information content (AvgIpc) is 3.00. The van der Waals surface area contributed by atoms with Crippen molar-refractivity contribution in [3.63, 3.8) is 0 Å². The van der Waals surface area contributed by atoms with Crippen molar-refractivity contribution in [2.24, 2.45) is 4.99 Å². The van der Waals surface area contributed by atoms with E-state index in [1.165, 1.54) is 30.8 Å². The number of rotatable bonds is 5. The van der Waals surface area contributed by atoms with Crippen molar-refractivity contribution in [2.45, 2.75) is 45.1 Å². The van der Waals surface area contributed by atoms with Gasteiger partial charge >= 0.3 is 0 Å². The number of aromatic nitrogens is 3. The van der Waals surface area contributed by atoms with E-state index in [9.17, 15) is 0 Å². The summed E-state index contributed by atoms with van der Waals surface area (Å²) < 4.78 is 2.34. The van der Waals surface area contributed by atoms with Crippen LogP contribution in [-0.4, -0.2) is 65.4 Å². The van der Waals surface area contributed by atoms with Crippen LogP contribution in [0.25, 0.3) is 0 Å². The number of piperazine rings is 1. The van der Waals surface area contributed by atoms with Gasteiger partial charge in [-0.2, -0.15) is 0 Å². The fraction of sp³-hybridized carbons (Fsp3) is 0.591. The van der Waals surface area contributed by atoms with E-state index in [1.54, 1.807) is 0 Å². The Morgan fingerprint density at radius 3 is 2.77 bits per heavy atom. The first-order chi connectivity index (χ1) is 14.7. The molecule has 0 bridgehead atoms. The minimum atomic E-state index is 0.789. The van der Waals surface area contributed by atoms with Gasteiger partial charge in [0.05, 0.1) is 0 Å². The number of nitrogens with zero attached hydrogens (tertiary/aromatic N) is 6. The molecule has 1 saturated heterocycles. The Labute approximate surface area is 184 Å². The minimum absolute atomic E-state index is 0.789. The van der Waals surface area contributed by atoms with Crippen molar-refractivity contribution >= 4 is 23.2 Å². The third-order valence-electron chi connectivity index (χ3n) is 6.01. The van der Waals surface area contributed by atoms with Gasteiger partial charge in [0, 0.05) is 69.9 Å². The lowest BCUT2D eigenvalue weighted by Gasteiger charge is -2.37. The highest BCUT2D eigenvalue weighted by Gasteiger charge is 2.20. The standard InChI is InChI=1S/C22H32ClN7/c1-24-22(29-15-13-28(14-16-29)19-8-5-7-18(23)17-19)25-11-6-10-21-27-26-20-9-3-2-4-12-30(20)21/h5,7-8,17H,2-4,6,9-16H2,1H3,(H,24,25). The number of nitrogens with one attached hydrogen (secondary N) is 1. The number of aliphatic imine (C=N–C) groups is 1. The SMILES string of the molecule is CN=C(NCCCc1nnc2n1CCCCC2)N1CCN(c2cccc(Cl)c2)CC1. The Morgan fingerprint density at radius 1 is 1.10 bits per heavy atom. The second kappa shape index (κ2) is 10.2. The molecule has 0 amide bonds. The minimum Gasteiger partial charge on any atom is -0.368 e. The van der Waals surface area contributed by atoms with Gasteiger partial charge in [0.1, 0.15) is 11.6 Å². The summed E-state index contributed by atoms with van der Waals surface area (Å²) >= 11 is 6.14. The first-order valence-corrected chi connectivity index (χ1v) is 11.5. The second-order valence-corrected chi connectivity index (χ2v) is 8.46. The highest BCUT2D eigenvalue weighted by molar-refractivity contribution is 6.30. The number of hydrogen-bond donors (Lipinski definition) is 1. The predicted molar refractivity (Wildman–Crippen MR) is 122 cm³/mol. The molecule has 30 heavy (non-hydrogen) atoms. The van der Waals surface area contributed by atoms with Gasteiger partial charge in [0.15, 0.2) is 5.96 Å². The molecule has 8 heteroatoms. The Hall–Kier alpha value is -2.28. The number of hydrogen-bond acceptors (Lipinski definition) is 4. The summed E-state index contributed by atoms with van der Waals surface area (Å²) in [6.07, 6.45) is 6.83. The lowest BCUT2D eigenvalue weighted by atomic mass is 10.2. The van der Waals surface area contributed by atoms with Crippen LogP contribution in [0, 0.1) is 0 Å². The quantitative estimate of drug-likeness (QED) is 0.449. The van der Waals surface area contributed by atoms with Gasteiger partial charge in [-0.25, -0.2) is 0 Å². The van der Waals surface area contributed by atoms with Crippen molar-refractivity contribution in [3.8, 4) is 0 Å². The molecule has 2 aliphatic rings. The number of guanidine groups is 1. The first-order valence-electron chi connectivity index (χ1n) is 11.1. The van der Waals surface area contributed by atoms with Crippen LogP contribution in [0.3, 0.4) is 0 Å². The molecule has 2 aliphatic heterocycles. The Balaban J connectivity index is 1.23. The fourth-order valence-electron chi connectivity index (χ4n) is 4.36. The van der Waals surface area contributed by atoms with Gasteiger partial charge in [-0.1, -0.05) is 24.1 Å². The van der Waals surface area contributed by atoms with Crippen LogP contribution in [0.2, 0.25) is 5.02 Å². The van der Waals surface area contributed by atoms with Crippen molar-refractivity contribution in [1.82, 2.24) is 25.0 Å². The zero-order chi connectivity index (χ0) is 20.8. The summed E-state index contributed by atoms with van der Waals surface area (Å²) in [5.41, 5.74) is 1.19. The maximum atomic E-state index is 6.14. The zero-order valence-corrected chi connectivity index (χ0v) is 18.6. The van der Waals surface area contributed by atoms with Gasteiger partial charge < -0.3 is 19.7 Å². The smallest absolute Gasteiger partial charge is 0.193 e. The molecule has 1 aromatic heterocycles. The van der Waals surface area contributed by atoms with E-state index in [0.717, 1.165) is 75.3 Å². The molecule has 0 aliphatic carbocycles. The molecule has 4 rings (SSSR count). The van der Waals surface area contributed by atoms with Crippen LogP contribution < -0.4 is 10.2 Å². The third-order valence-corrected chi connectivity index (χ3v) is 6.25. The van der Waals surface area contributed by atoms with Crippen LogP contribution in [0.4, 0.5) is 5.69 Å². The normalized spacial score (nSPS) is 17.6. The van der Waals surface area contributed by atoms with E-state index in [1.807, 2.05) is 25.2 Å². The molecule has 0 spiro atoms. The molecule has 3 heterocycles. The number of halogens is 1. The summed E-state index contributed by atoms with van der Waals surface area (Å²) in [4.78, 5) is 9.22. The Kier molecular flexibility index (Phi) is 7.10. The van der Waals surface area contributed by atoms with Gasteiger partial charge in [0.2, 0.25) is 0 Å². The summed E-state index contributed by atoms with van der Waals surface area (Å²) in [5.74, 6) is 3.29. The first kappa shape index (κ1) is 21.0. The number of fused-ring (bicyclic) bond motifs is 1. The van der Waals surface area contributed by atoms with Crippen molar-refractivity contribution in [2.75, 3.05) is 44.7 Å². The monoisotopic (exact) mass is 429 g/mol. The highest BCUT2D eigenvalue weighted by atomic mass is 35.5. The van der Waals surface area contributed by atoms with Gasteiger partial charge in [-0.3, -0.25) is 4.99 Å². The molecule has 1 fully saturated rings. The van der Waals surface area contributed by atoms with Crippen LogP contribution >= 0.6 is 11.6 Å². The van der Waals surface area contributed by atoms with Crippen molar-refractivity contribution < 1.29 is 0 Å². The molecule has 0 saturated carbocycles. The number of aryl methyl sites for hydroxylation is 2. The fourth-order valence-corrected chi connectivity index (χ4v) is 4.54. The highest BCUT2D eigenvalue weighted by Crippen LogP contribution is 2.21. The lowest BCUT2D eigenvalue weighted by Crippen LogP contribution is -2.52. The molecular weight excluding hydrogens is 398 g/mol. The second-order valence-electron chi connectivity index (χ2n) is 8.03. The topological polar surface area (TPSA) is 61.6 Å². The van der Waals surface area contributed by atoms with E-state index in [-0.39, 0.29) is 0 Å². The molecule has 0 radical (unpaired) electrons. The van der Waals surface area contributed by atoms with Crippen LogP contribution in [-0.2, 0) is 19.4 Å². The van der Waals surface area contributed by atoms with E-state index in [4.69, 9.17) is 11.6 Å². The van der Waals surface area contributed by atoms with E-state index < -0.39 is 0 Å². The van der Waals surface area contributed by atoms with E-state index in [0.29, 0.717) is 0 Å². The van der Waals surface area contributed by atoms with Gasteiger partial charge in [0.25, 0.3) is 0 Å². The van der Waals surface area contributed by atoms with E-state index >= 15 is 0 Å². The summed E-state index contributed by atoms with van der Waals surface area (Å²) in [6.45, 7) is 5.79. The largest absolute Gasteiger partial charge is 0.368 e. The average molecular weight is 430 g/mol. The molecule has 1 N–H and O–H groups in total. The van der Waals surface area contributed by atoms with Crippen molar-refractivity contribution in [3.05, 3.63) is 40.9 Å². The molecule has 1 aromatic carbocycles. The maximum Gasteiger partial charge on any atom is 0.193 e. The summed E-state index contributed by atoms with van der Waals surface area (Å²) in [5, 5.41) is 13.2. The van der Waals surface area contributed by atoms with Crippen LogP contribution in [0.15, 0.2) is 29.3 Å². The molecule has 7 nitrogen and oxygen atoms in total. The number of anilines is 1. The molecular formula is C22H32ClN7. The van der Waals surface area contributed by atoms with Crippen LogP contribution in [0.1, 0.15) is 37.3 Å². The Morgan fingerprint density at radius 2 is 1.97 bits per heavy atom.